The fourth-order valence-corrected chi connectivity index (χ4v) is 4.98. The highest BCUT2D eigenvalue weighted by Gasteiger charge is 2.25. The van der Waals surface area contributed by atoms with Gasteiger partial charge in [-0.1, -0.05) is 12.1 Å². The van der Waals surface area contributed by atoms with E-state index in [0.29, 0.717) is 16.8 Å². The lowest BCUT2D eigenvalue weighted by Gasteiger charge is -2.29. The number of ether oxygens (including phenoxy) is 1. The summed E-state index contributed by atoms with van der Waals surface area (Å²) in [4.78, 5) is 6.81. The fourth-order valence-electron chi connectivity index (χ4n) is 3.45. The van der Waals surface area contributed by atoms with E-state index in [2.05, 4.69) is 15.2 Å². The number of aryl methyl sites for hydroxylation is 1. The predicted octanol–water partition coefficient (Wildman–Crippen LogP) is 2.00. The molecule has 2 aromatic carbocycles. The number of methoxy groups -OCH3 is 1. The van der Waals surface area contributed by atoms with E-state index >= 15 is 0 Å². The van der Waals surface area contributed by atoms with E-state index in [0.717, 1.165) is 37.4 Å². The minimum absolute atomic E-state index is 0.136. The molecule has 0 unspecified atom stereocenters. The summed E-state index contributed by atoms with van der Waals surface area (Å²) in [5.41, 5.74) is 3.06. The van der Waals surface area contributed by atoms with Gasteiger partial charge >= 0.3 is 0 Å². The van der Waals surface area contributed by atoms with E-state index in [1.807, 2.05) is 25.1 Å². The molecule has 1 saturated heterocycles. The first-order chi connectivity index (χ1) is 13.0. The van der Waals surface area contributed by atoms with Crippen LogP contribution in [0.1, 0.15) is 5.56 Å². The number of para-hydroxylation sites is 1. The smallest absolute Gasteiger partial charge is 0.273 e. The Kier molecular flexibility index (Phi) is 4.53. The molecule has 7 nitrogen and oxygen atoms in total. The molecule has 27 heavy (non-hydrogen) atoms. The molecule has 1 N–H and O–H groups in total. The van der Waals surface area contributed by atoms with E-state index in [9.17, 15) is 8.42 Å². The second-order valence-corrected chi connectivity index (χ2v) is 8.37. The van der Waals surface area contributed by atoms with Crippen molar-refractivity contribution in [3.63, 3.8) is 0 Å². The molecule has 0 radical (unpaired) electrons. The van der Waals surface area contributed by atoms with Crippen LogP contribution in [-0.2, 0) is 10.0 Å². The van der Waals surface area contributed by atoms with Crippen molar-refractivity contribution in [1.29, 1.82) is 0 Å². The van der Waals surface area contributed by atoms with Crippen LogP contribution in [0.2, 0.25) is 0 Å². The Morgan fingerprint density at radius 2 is 1.93 bits per heavy atom. The van der Waals surface area contributed by atoms with Gasteiger partial charge in [-0.05, 0) is 36.8 Å². The predicted molar refractivity (Wildman–Crippen MR) is 105 cm³/mol. The molecule has 0 spiro atoms. The lowest BCUT2D eigenvalue weighted by atomic mass is 10.2. The molecule has 4 rings (SSSR count). The Bertz CT molecular complexity index is 1090. The number of rotatable bonds is 4. The number of hydrogen-bond acceptors (Lipinski definition) is 6. The molecular weight excluding hydrogens is 364 g/mol. The molecular formula is C19H22N4O3S. The minimum Gasteiger partial charge on any atom is -0.495 e. The summed E-state index contributed by atoms with van der Waals surface area (Å²) in [6, 6.07) is 10.8. The molecule has 142 valence electrons. The number of fused-ring (bicyclic) bond motifs is 1. The molecule has 1 aliphatic heterocycles. The average molecular weight is 386 g/mol. The van der Waals surface area contributed by atoms with Gasteiger partial charge in [0.05, 0.1) is 18.3 Å². The molecule has 8 heteroatoms. The molecule has 3 aromatic rings. The van der Waals surface area contributed by atoms with Crippen LogP contribution < -0.4 is 15.0 Å². The first kappa shape index (κ1) is 17.8. The highest BCUT2D eigenvalue weighted by Crippen LogP contribution is 2.31. The van der Waals surface area contributed by atoms with Crippen LogP contribution in [0.25, 0.3) is 11.0 Å². The molecule has 0 saturated carbocycles. The molecule has 1 aromatic heterocycles. The Hall–Kier alpha value is -2.58. The van der Waals surface area contributed by atoms with Crippen molar-refractivity contribution in [3.05, 3.63) is 48.3 Å². The first-order valence-electron chi connectivity index (χ1n) is 8.84. The van der Waals surface area contributed by atoms with Gasteiger partial charge in [-0.25, -0.2) is 17.4 Å². The van der Waals surface area contributed by atoms with Gasteiger partial charge < -0.3 is 15.0 Å². The number of aromatic nitrogens is 2. The lowest BCUT2D eigenvalue weighted by Crippen LogP contribution is -2.43. The van der Waals surface area contributed by atoms with Crippen molar-refractivity contribution < 1.29 is 13.2 Å². The summed E-state index contributed by atoms with van der Waals surface area (Å²) in [5.74, 6) is 0.320. The summed E-state index contributed by atoms with van der Waals surface area (Å²) < 4.78 is 33.2. The third kappa shape index (κ3) is 3.04. The van der Waals surface area contributed by atoms with Gasteiger partial charge in [0.15, 0.2) is 0 Å². The quantitative estimate of drug-likeness (QED) is 0.739. The van der Waals surface area contributed by atoms with Gasteiger partial charge in [0, 0.05) is 26.2 Å². The maximum absolute atomic E-state index is 13.3. The van der Waals surface area contributed by atoms with Crippen molar-refractivity contribution >= 4 is 26.7 Å². The fraction of sp³-hybridized carbons (Fsp3) is 0.316. The Morgan fingerprint density at radius 3 is 2.67 bits per heavy atom. The van der Waals surface area contributed by atoms with Gasteiger partial charge in [0.25, 0.3) is 10.0 Å². The van der Waals surface area contributed by atoms with E-state index in [-0.39, 0.29) is 4.90 Å². The van der Waals surface area contributed by atoms with Gasteiger partial charge in [-0.3, -0.25) is 0 Å². The molecule has 0 bridgehead atoms. The minimum atomic E-state index is -3.84. The van der Waals surface area contributed by atoms with Crippen molar-refractivity contribution in [2.75, 3.05) is 38.2 Å². The largest absolute Gasteiger partial charge is 0.495 e. The molecule has 1 fully saturated rings. The Morgan fingerprint density at radius 1 is 1.15 bits per heavy atom. The molecule has 0 amide bonds. The van der Waals surface area contributed by atoms with Crippen molar-refractivity contribution in [1.82, 2.24) is 14.3 Å². The molecule has 0 aliphatic carbocycles. The standard InChI is InChI=1S/C19H22N4O3S/c1-14-6-7-17(26-2)18(12-14)27(24,25)23-13-21-19-15(4-3-5-16(19)23)22-10-8-20-9-11-22/h3-7,12-13,20H,8-11H2,1-2H3. The van der Waals surface area contributed by atoms with Crippen LogP contribution in [0.15, 0.2) is 47.6 Å². The van der Waals surface area contributed by atoms with E-state index in [4.69, 9.17) is 4.74 Å². The third-order valence-electron chi connectivity index (χ3n) is 4.84. The number of nitrogens with zero attached hydrogens (tertiary/aromatic N) is 3. The van der Waals surface area contributed by atoms with Gasteiger partial charge in [-0.2, -0.15) is 0 Å². The highest BCUT2D eigenvalue weighted by molar-refractivity contribution is 7.90. The summed E-state index contributed by atoms with van der Waals surface area (Å²) in [7, 11) is -2.37. The molecule has 1 aliphatic rings. The monoisotopic (exact) mass is 386 g/mol. The summed E-state index contributed by atoms with van der Waals surface area (Å²) in [5, 5.41) is 3.32. The van der Waals surface area contributed by atoms with E-state index < -0.39 is 10.0 Å². The highest BCUT2D eigenvalue weighted by atomic mass is 32.2. The summed E-state index contributed by atoms with van der Waals surface area (Å²) >= 11 is 0. The zero-order valence-corrected chi connectivity index (χ0v) is 16.2. The maximum atomic E-state index is 13.3. The van der Waals surface area contributed by atoms with Gasteiger partial charge in [0.1, 0.15) is 22.5 Å². The second kappa shape index (κ2) is 6.86. The zero-order chi connectivity index (χ0) is 19.0. The Labute approximate surface area is 158 Å². The molecule has 2 heterocycles. The van der Waals surface area contributed by atoms with Crippen molar-refractivity contribution in [2.24, 2.45) is 0 Å². The van der Waals surface area contributed by atoms with Gasteiger partial charge in [-0.15, -0.1) is 0 Å². The van der Waals surface area contributed by atoms with Crippen LogP contribution in [0.4, 0.5) is 5.69 Å². The van der Waals surface area contributed by atoms with E-state index in [1.165, 1.54) is 17.4 Å². The number of nitrogens with one attached hydrogen (secondary N) is 1. The summed E-state index contributed by atoms with van der Waals surface area (Å²) in [6.45, 7) is 5.38. The van der Waals surface area contributed by atoms with Crippen LogP contribution in [-0.4, -0.2) is 50.7 Å². The lowest BCUT2D eigenvalue weighted by molar-refractivity contribution is 0.402. The second-order valence-electron chi connectivity index (χ2n) is 6.58. The van der Waals surface area contributed by atoms with Crippen LogP contribution >= 0.6 is 0 Å². The van der Waals surface area contributed by atoms with E-state index in [1.54, 1.807) is 18.2 Å². The SMILES string of the molecule is COc1ccc(C)cc1S(=O)(=O)n1cnc2c(N3CCNCC3)cccc21. The van der Waals surface area contributed by atoms with Gasteiger partial charge in [0.2, 0.25) is 0 Å². The summed E-state index contributed by atoms with van der Waals surface area (Å²) in [6.07, 6.45) is 1.38. The third-order valence-corrected chi connectivity index (χ3v) is 6.52. The topological polar surface area (TPSA) is 76.5 Å². The number of piperazine rings is 1. The number of hydrogen-bond donors (Lipinski definition) is 1. The van der Waals surface area contributed by atoms with Crippen LogP contribution in [0.5, 0.6) is 5.75 Å². The van der Waals surface area contributed by atoms with Crippen LogP contribution in [0.3, 0.4) is 0 Å². The van der Waals surface area contributed by atoms with Crippen LogP contribution in [0, 0.1) is 6.92 Å². The Balaban J connectivity index is 1.86. The molecule has 0 atom stereocenters. The number of imidazole rings is 1. The zero-order valence-electron chi connectivity index (χ0n) is 15.3. The maximum Gasteiger partial charge on any atom is 0.273 e. The van der Waals surface area contributed by atoms with Crippen molar-refractivity contribution in [3.8, 4) is 5.75 Å². The average Bonchev–Trinajstić information content (AvgIpc) is 3.13. The normalized spacial score (nSPS) is 15.3. The first-order valence-corrected chi connectivity index (χ1v) is 10.3. The van der Waals surface area contributed by atoms with Crippen molar-refractivity contribution in [2.45, 2.75) is 11.8 Å². The number of anilines is 1. The number of benzene rings is 2.